The van der Waals surface area contributed by atoms with Crippen LogP contribution in [0.1, 0.15) is 18.9 Å². The third-order valence-electron chi connectivity index (χ3n) is 3.56. The van der Waals surface area contributed by atoms with Gasteiger partial charge in [0.1, 0.15) is 0 Å². The lowest BCUT2D eigenvalue weighted by atomic mass is 9.91. The van der Waals surface area contributed by atoms with Crippen LogP contribution in [0.25, 0.3) is 0 Å². The number of hydrogen-bond acceptors (Lipinski definition) is 3. The molecule has 1 heterocycles. The number of nitrogens with zero attached hydrogens (tertiary/aromatic N) is 2. The van der Waals surface area contributed by atoms with Crippen molar-refractivity contribution in [2.24, 2.45) is 11.8 Å². The first-order chi connectivity index (χ1) is 9.99. The molecule has 2 N–H and O–H groups in total. The summed E-state index contributed by atoms with van der Waals surface area (Å²) in [5.41, 5.74) is 1.11. The number of carbonyl (C=O) groups excluding carboxylic acids is 1. The summed E-state index contributed by atoms with van der Waals surface area (Å²) < 4.78 is 0. The number of hydrogen-bond donors (Lipinski definition) is 2. The van der Waals surface area contributed by atoms with Gasteiger partial charge in [-0.2, -0.15) is 5.26 Å². The highest BCUT2D eigenvalue weighted by Crippen LogP contribution is 2.22. The quantitative estimate of drug-likeness (QED) is 0.871. The van der Waals surface area contributed by atoms with Gasteiger partial charge in [0.2, 0.25) is 0 Å². The minimum atomic E-state index is -0.863. The van der Waals surface area contributed by atoms with Crippen molar-refractivity contribution in [3.8, 4) is 6.07 Å². The number of benzene rings is 1. The van der Waals surface area contributed by atoms with E-state index >= 15 is 0 Å². The maximum absolute atomic E-state index is 12.2. The highest BCUT2D eigenvalue weighted by molar-refractivity contribution is 5.89. The normalized spacial score (nSPS) is 21.4. The second-order valence-corrected chi connectivity index (χ2v) is 5.40. The standard InChI is InChI=1S/C15H17N3O3/c1-10-6-12(14(19)20)9-18(8-10)15(21)17-13-4-2-11(7-16)3-5-13/h2-5,10,12H,6,8-9H2,1H3,(H,17,21)(H,19,20). The topological polar surface area (TPSA) is 93.4 Å². The van der Waals surface area contributed by atoms with Crippen molar-refractivity contribution < 1.29 is 14.7 Å². The van der Waals surface area contributed by atoms with Crippen LogP contribution >= 0.6 is 0 Å². The number of carbonyl (C=O) groups is 2. The Kier molecular flexibility index (Phi) is 4.43. The molecule has 0 aliphatic carbocycles. The predicted molar refractivity (Wildman–Crippen MR) is 76.7 cm³/mol. The molecule has 110 valence electrons. The Hall–Kier alpha value is -2.55. The molecule has 1 fully saturated rings. The molecule has 1 aromatic rings. The molecular weight excluding hydrogens is 270 g/mol. The van der Waals surface area contributed by atoms with E-state index in [4.69, 9.17) is 10.4 Å². The Balaban J connectivity index is 2.01. The Labute approximate surface area is 123 Å². The molecule has 2 unspecified atom stereocenters. The molecule has 2 amide bonds. The summed E-state index contributed by atoms with van der Waals surface area (Å²) in [6, 6.07) is 8.24. The van der Waals surface area contributed by atoms with E-state index < -0.39 is 11.9 Å². The average Bonchev–Trinajstić information content (AvgIpc) is 2.47. The number of likely N-dealkylation sites (tertiary alicyclic amines) is 1. The van der Waals surface area contributed by atoms with Gasteiger partial charge in [0.15, 0.2) is 0 Å². The third kappa shape index (κ3) is 3.72. The van der Waals surface area contributed by atoms with Crippen molar-refractivity contribution in [2.75, 3.05) is 18.4 Å². The zero-order chi connectivity index (χ0) is 15.4. The lowest BCUT2D eigenvalue weighted by Gasteiger charge is -2.34. The summed E-state index contributed by atoms with van der Waals surface area (Å²) in [6.07, 6.45) is 0.593. The van der Waals surface area contributed by atoms with Gasteiger partial charge in [-0.25, -0.2) is 4.79 Å². The molecule has 6 nitrogen and oxygen atoms in total. The molecule has 2 rings (SSSR count). The first-order valence-corrected chi connectivity index (χ1v) is 6.78. The second kappa shape index (κ2) is 6.27. The molecule has 0 spiro atoms. The number of amides is 2. The summed E-state index contributed by atoms with van der Waals surface area (Å²) in [5.74, 6) is -1.22. The van der Waals surface area contributed by atoms with Crippen LogP contribution < -0.4 is 5.32 Å². The summed E-state index contributed by atoms with van der Waals surface area (Å²) >= 11 is 0. The first kappa shape index (κ1) is 14.9. The van der Waals surface area contributed by atoms with Gasteiger partial charge < -0.3 is 15.3 Å². The van der Waals surface area contributed by atoms with E-state index in [2.05, 4.69) is 5.32 Å². The zero-order valence-electron chi connectivity index (χ0n) is 11.7. The number of aliphatic carboxylic acids is 1. The van der Waals surface area contributed by atoms with Crippen molar-refractivity contribution in [2.45, 2.75) is 13.3 Å². The number of rotatable bonds is 2. The van der Waals surface area contributed by atoms with Gasteiger partial charge in [0.25, 0.3) is 0 Å². The highest BCUT2D eigenvalue weighted by Gasteiger charge is 2.31. The van der Waals surface area contributed by atoms with Gasteiger partial charge in [0.05, 0.1) is 17.6 Å². The number of urea groups is 1. The molecule has 1 aliphatic heterocycles. The van der Waals surface area contributed by atoms with E-state index in [-0.39, 0.29) is 18.5 Å². The summed E-state index contributed by atoms with van der Waals surface area (Å²) in [7, 11) is 0. The minimum absolute atomic E-state index is 0.159. The van der Waals surface area contributed by atoms with E-state index in [9.17, 15) is 9.59 Å². The van der Waals surface area contributed by atoms with Gasteiger partial charge >= 0.3 is 12.0 Å². The smallest absolute Gasteiger partial charge is 0.321 e. The Morgan fingerprint density at radius 3 is 2.57 bits per heavy atom. The van der Waals surface area contributed by atoms with Crippen molar-refractivity contribution in [1.82, 2.24) is 4.90 Å². The molecule has 6 heteroatoms. The number of carboxylic acids is 1. The summed E-state index contributed by atoms with van der Waals surface area (Å²) in [5, 5.41) is 20.6. The number of anilines is 1. The molecule has 21 heavy (non-hydrogen) atoms. The molecule has 0 aromatic heterocycles. The van der Waals surface area contributed by atoms with Crippen LogP contribution in [-0.4, -0.2) is 35.1 Å². The van der Waals surface area contributed by atoms with Gasteiger partial charge in [-0.15, -0.1) is 0 Å². The lowest BCUT2D eigenvalue weighted by Crippen LogP contribution is -2.47. The number of carboxylic acid groups (broad SMARTS) is 1. The van der Waals surface area contributed by atoms with Crippen LogP contribution in [-0.2, 0) is 4.79 Å². The lowest BCUT2D eigenvalue weighted by molar-refractivity contribution is -0.143. The van der Waals surface area contributed by atoms with Crippen molar-refractivity contribution in [3.63, 3.8) is 0 Å². The number of piperidine rings is 1. The fourth-order valence-electron chi connectivity index (χ4n) is 2.53. The first-order valence-electron chi connectivity index (χ1n) is 6.78. The minimum Gasteiger partial charge on any atom is -0.481 e. The van der Waals surface area contributed by atoms with Crippen LogP contribution in [0.15, 0.2) is 24.3 Å². The summed E-state index contributed by atoms with van der Waals surface area (Å²) in [4.78, 5) is 24.8. The van der Waals surface area contributed by atoms with Crippen molar-refractivity contribution in [3.05, 3.63) is 29.8 Å². The van der Waals surface area contributed by atoms with Crippen molar-refractivity contribution >= 4 is 17.7 Å². The number of nitrogens with one attached hydrogen (secondary N) is 1. The van der Waals surface area contributed by atoms with E-state index in [0.29, 0.717) is 24.2 Å². The van der Waals surface area contributed by atoms with E-state index in [1.807, 2.05) is 13.0 Å². The van der Waals surface area contributed by atoms with Gasteiger partial charge in [-0.3, -0.25) is 4.79 Å². The maximum Gasteiger partial charge on any atom is 0.321 e. The van der Waals surface area contributed by atoms with E-state index in [1.54, 1.807) is 24.3 Å². The predicted octanol–water partition coefficient (Wildman–Crippen LogP) is 2.13. The largest absolute Gasteiger partial charge is 0.481 e. The second-order valence-electron chi connectivity index (χ2n) is 5.40. The van der Waals surface area contributed by atoms with E-state index in [0.717, 1.165) is 0 Å². The fourth-order valence-corrected chi connectivity index (χ4v) is 2.53. The Morgan fingerprint density at radius 1 is 1.33 bits per heavy atom. The molecule has 1 saturated heterocycles. The van der Waals surface area contributed by atoms with Crippen LogP contribution in [0.2, 0.25) is 0 Å². The van der Waals surface area contributed by atoms with Gasteiger partial charge in [-0.1, -0.05) is 6.92 Å². The molecule has 0 radical (unpaired) electrons. The average molecular weight is 287 g/mol. The molecular formula is C15H17N3O3. The van der Waals surface area contributed by atoms with Crippen molar-refractivity contribution in [1.29, 1.82) is 5.26 Å². The van der Waals surface area contributed by atoms with Crippen LogP contribution in [0, 0.1) is 23.2 Å². The van der Waals surface area contributed by atoms with E-state index in [1.165, 1.54) is 4.90 Å². The molecule has 0 bridgehead atoms. The summed E-state index contributed by atoms with van der Waals surface area (Å²) in [6.45, 7) is 2.71. The maximum atomic E-state index is 12.2. The molecule has 1 aromatic carbocycles. The molecule has 1 aliphatic rings. The SMILES string of the molecule is CC1CC(C(=O)O)CN(C(=O)Nc2ccc(C#N)cc2)C1. The van der Waals surface area contributed by atoms with Gasteiger partial charge in [0, 0.05) is 18.8 Å². The highest BCUT2D eigenvalue weighted by atomic mass is 16.4. The van der Waals surface area contributed by atoms with Crippen LogP contribution in [0.3, 0.4) is 0 Å². The zero-order valence-corrected chi connectivity index (χ0v) is 11.7. The molecule has 0 saturated carbocycles. The Morgan fingerprint density at radius 2 is 2.00 bits per heavy atom. The Bertz CT molecular complexity index is 577. The van der Waals surface area contributed by atoms with Crippen LogP contribution in [0.5, 0.6) is 0 Å². The van der Waals surface area contributed by atoms with Crippen LogP contribution in [0.4, 0.5) is 10.5 Å². The number of nitriles is 1. The molecule has 2 atom stereocenters. The fraction of sp³-hybridized carbons (Fsp3) is 0.400. The monoisotopic (exact) mass is 287 g/mol. The third-order valence-corrected chi connectivity index (χ3v) is 3.56. The van der Waals surface area contributed by atoms with Gasteiger partial charge in [-0.05, 0) is 36.6 Å².